The minimum absolute atomic E-state index is 0.122. The van der Waals surface area contributed by atoms with E-state index < -0.39 is 11.9 Å². The molecule has 5 aromatic rings. The minimum Gasteiger partial charge on any atom is -0.465 e. The van der Waals surface area contributed by atoms with Crippen LogP contribution in [0.25, 0.3) is 15.9 Å². The van der Waals surface area contributed by atoms with Gasteiger partial charge in [0, 0.05) is 23.5 Å². The lowest BCUT2D eigenvalue weighted by Gasteiger charge is -2.19. The van der Waals surface area contributed by atoms with Crippen LogP contribution in [0.3, 0.4) is 0 Å². The first kappa shape index (κ1) is 26.3. The van der Waals surface area contributed by atoms with Crippen LogP contribution in [-0.4, -0.2) is 50.6 Å². The van der Waals surface area contributed by atoms with Crippen LogP contribution in [0.1, 0.15) is 39.2 Å². The van der Waals surface area contributed by atoms with Crippen LogP contribution in [-0.2, 0) is 16.1 Å². The second-order valence-electron chi connectivity index (χ2n) is 8.67. The molecule has 11 heteroatoms. The number of carbonyl (C=O) groups is 3. The zero-order valence-electron chi connectivity index (χ0n) is 21.4. The molecule has 0 saturated heterocycles. The third-order valence-corrected chi connectivity index (χ3v) is 7.47. The fourth-order valence-corrected chi connectivity index (χ4v) is 5.56. The van der Waals surface area contributed by atoms with E-state index in [4.69, 9.17) is 16.3 Å². The lowest BCUT2D eigenvalue weighted by molar-refractivity contribution is -0.143. The Bertz CT molecular complexity index is 1720. The van der Waals surface area contributed by atoms with Crippen molar-refractivity contribution in [2.45, 2.75) is 20.4 Å². The van der Waals surface area contributed by atoms with E-state index in [1.807, 2.05) is 24.3 Å². The van der Waals surface area contributed by atoms with Crippen LogP contribution in [0.5, 0.6) is 0 Å². The molecule has 2 aromatic carbocycles. The van der Waals surface area contributed by atoms with Gasteiger partial charge in [-0.05, 0) is 49.6 Å². The molecule has 0 bridgehead atoms. The maximum atomic E-state index is 13.9. The van der Waals surface area contributed by atoms with Crippen LogP contribution in [0.2, 0.25) is 5.02 Å². The number of aryl methyl sites for hydroxylation is 1. The van der Waals surface area contributed by atoms with E-state index in [1.165, 1.54) is 16.2 Å². The van der Waals surface area contributed by atoms with Gasteiger partial charge < -0.3 is 9.30 Å². The molecule has 0 aliphatic carbocycles. The van der Waals surface area contributed by atoms with E-state index in [-0.39, 0.29) is 30.6 Å². The Labute approximate surface area is 233 Å². The Morgan fingerprint density at radius 2 is 1.77 bits per heavy atom. The fraction of sp³-hybridized carbons (Fsp3) is 0.179. The Balaban J connectivity index is 1.55. The average molecular weight is 562 g/mol. The quantitative estimate of drug-likeness (QED) is 0.188. The molecule has 0 aliphatic heterocycles. The number of esters is 1. The van der Waals surface area contributed by atoms with E-state index in [9.17, 15) is 14.4 Å². The van der Waals surface area contributed by atoms with Gasteiger partial charge in [-0.25, -0.2) is 0 Å². The largest absolute Gasteiger partial charge is 0.465 e. The molecule has 9 nitrogen and oxygen atoms in total. The number of carbonyl (C=O) groups excluding carboxylic acids is 3. The summed E-state index contributed by atoms with van der Waals surface area (Å²) in [4.78, 5) is 41.1. The smallest absolute Gasteiger partial charge is 0.325 e. The van der Waals surface area contributed by atoms with Crippen molar-refractivity contribution in [2.75, 3.05) is 18.6 Å². The van der Waals surface area contributed by atoms with Gasteiger partial charge in [-0.1, -0.05) is 41.9 Å². The van der Waals surface area contributed by atoms with Crippen molar-refractivity contribution < 1.29 is 19.1 Å². The highest BCUT2D eigenvalue weighted by atomic mass is 35.5. The monoisotopic (exact) mass is 561 g/mol. The molecule has 5 rings (SSSR count). The molecule has 0 unspecified atom stereocenters. The van der Waals surface area contributed by atoms with Crippen LogP contribution in [0, 0.1) is 6.92 Å². The highest BCUT2D eigenvalue weighted by molar-refractivity contribution is 7.13. The highest BCUT2D eigenvalue weighted by Gasteiger charge is 2.28. The van der Waals surface area contributed by atoms with Crippen LogP contribution < -0.4 is 4.90 Å². The summed E-state index contributed by atoms with van der Waals surface area (Å²) in [5, 5.41) is 12.0. The Morgan fingerprint density at radius 3 is 2.54 bits per heavy atom. The summed E-state index contributed by atoms with van der Waals surface area (Å²) in [6.07, 6.45) is 0. The number of thiophene rings is 1. The van der Waals surface area contributed by atoms with Crippen molar-refractivity contribution in [1.29, 1.82) is 0 Å². The summed E-state index contributed by atoms with van der Waals surface area (Å²) >= 11 is 7.63. The van der Waals surface area contributed by atoms with E-state index >= 15 is 0 Å². The Morgan fingerprint density at radius 1 is 1.03 bits per heavy atom. The van der Waals surface area contributed by atoms with Gasteiger partial charge >= 0.3 is 5.97 Å². The van der Waals surface area contributed by atoms with E-state index in [2.05, 4.69) is 10.2 Å². The molecular weight excluding hydrogens is 538 g/mol. The average Bonchev–Trinajstić information content (AvgIpc) is 3.65. The van der Waals surface area contributed by atoms with Gasteiger partial charge in [-0.3, -0.25) is 23.9 Å². The summed E-state index contributed by atoms with van der Waals surface area (Å²) in [7, 11) is 1.58. The van der Waals surface area contributed by atoms with E-state index in [0.717, 1.165) is 10.9 Å². The zero-order valence-corrected chi connectivity index (χ0v) is 23.0. The number of hydrogen-bond donors (Lipinski definition) is 0. The highest BCUT2D eigenvalue weighted by Crippen LogP contribution is 2.31. The summed E-state index contributed by atoms with van der Waals surface area (Å²) in [5.74, 6) is -0.386. The van der Waals surface area contributed by atoms with Gasteiger partial charge in [0.1, 0.15) is 23.1 Å². The second-order valence-corrected chi connectivity index (χ2v) is 9.98. The van der Waals surface area contributed by atoms with Gasteiger partial charge in [0.05, 0.1) is 17.2 Å². The molecule has 0 spiro atoms. The number of ether oxygens (including phenoxy) is 1. The molecule has 39 heavy (non-hydrogen) atoms. The van der Waals surface area contributed by atoms with Crippen molar-refractivity contribution >= 4 is 57.4 Å². The summed E-state index contributed by atoms with van der Waals surface area (Å²) < 4.78 is 8.45. The molecule has 0 saturated carbocycles. The fourth-order valence-electron chi connectivity index (χ4n) is 4.40. The van der Waals surface area contributed by atoms with Crippen molar-refractivity contribution in [3.63, 3.8) is 0 Å². The predicted octanol–water partition coefficient (Wildman–Crippen LogP) is 5.32. The van der Waals surface area contributed by atoms with Crippen LogP contribution in [0.4, 0.5) is 5.95 Å². The van der Waals surface area contributed by atoms with Crippen LogP contribution in [0.15, 0.2) is 66.0 Å². The molecule has 198 valence electrons. The topological polar surface area (TPSA) is 99.3 Å². The normalized spacial score (nSPS) is 11.1. The molecule has 0 fully saturated rings. The van der Waals surface area contributed by atoms with Crippen molar-refractivity contribution in [2.24, 2.45) is 0 Å². The number of rotatable bonds is 8. The lowest BCUT2D eigenvalue weighted by atomic mass is 10.1. The maximum absolute atomic E-state index is 13.9. The molecule has 0 N–H and O–H groups in total. The van der Waals surface area contributed by atoms with Crippen molar-refractivity contribution in [3.05, 3.63) is 93.7 Å². The standard InChI is InChI=1S/C28H24ClN5O4S/c1-4-38-24(35)16-33-22-12-8-5-9-18(22)15-23(33)26(37)32(3)28-31-30-17(2)34(28)27-20(13-14-39-27)25(36)19-10-6-7-11-21(19)29/h5-15H,4,16H2,1-3H3. The minimum atomic E-state index is -0.448. The SMILES string of the molecule is CCOC(=O)Cn1c(C(=O)N(C)c2nnc(C)n2-c2sccc2C(=O)c2ccccc2Cl)cc2ccccc21. The molecule has 0 radical (unpaired) electrons. The van der Waals surface area contributed by atoms with Gasteiger partial charge in [0.25, 0.3) is 5.91 Å². The zero-order chi connectivity index (χ0) is 27.7. The summed E-state index contributed by atoms with van der Waals surface area (Å²) in [6, 6.07) is 17.7. The molecular formula is C28H24ClN5O4S. The lowest BCUT2D eigenvalue weighted by Crippen LogP contribution is -2.31. The molecule has 3 aromatic heterocycles. The number of para-hydroxylation sites is 1. The van der Waals surface area contributed by atoms with E-state index in [1.54, 1.807) is 71.8 Å². The Hall–Kier alpha value is -4.28. The number of anilines is 1. The number of benzene rings is 2. The van der Waals surface area contributed by atoms with Crippen molar-refractivity contribution in [3.8, 4) is 5.00 Å². The third kappa shape index (κ3) is 4.84. The number of aromatic nitrogens is 4. The number of ketones is 1. The second kappa shape index (κ2) is 10.8. The van der Waals surface area contributed by atoms with E-state index in [0.29, 0.717) is 27.0 Å². The third-order valence-electron chi connectivity index (χ3n) is 6.25. The number of hydrogen-bond acceptors (Lipinski definition) is 7. The van der Waals surface area contributed by atoms with Crippen LogP contribution >= 0.6 is 22.9 Å². The number of fused-ring (bicyclic) bond motifs is 1. The molecule has 1 amide bonds. The number of halogens is 1. The summed E-state index contributed by atoms with van der Waals surface area (Å²) in [6.45, 7) is 3.59. The molecule has 3 heterocycles. The predicted molar refractivity (Wildman–Crippen MR) is 150 cm³/mol. The van der Waals surface area contributed by atoms with Crippen molar-refractivity contribution in [1.82, 2.24) is 19.3 Å². The summed E-state index contributed by atoms with van der Waals surface area (Å²) in [5.41, 5.74) is 1.80. The molecule has 0 aliphatic rings. The first-order valence-corrected chi connectivity index (χ1v) is 13.4. The van der Waals surface area contributed by atoms with Gasteiger partial charge in [-0.2, -0.15) is 0 Å². The Kier molecular flexibility index (Phi) is 7.32. The number of nitrogens with zero attached hydrogens (tertiary/aromatic N) is 5. The maximum Gasteiger partial charge on any atom is 0.325 e. The van der Waals surface area contributed by atoms with Gasteiger partial charge in [0.2, 0.25) is 5.95 Å². The van der Waals surface area contributed by atoms with Gasteiger partial charge in [-0.15, -0.1) is 21.5 Å². The number of amides is 1. The van der Waals surface area contributed by atoms with Gasteiger partial charge in [0.15, 0.2) is 5.78 Å². The molecule has 0 atom stereocenters. The first-order chi connectivity index (χ1) is 18.8. The first-order valence-electron chi connectivity index (χ1n) is 12.1.